The van der Waals surface area contributed by atoms with Gasteiger partial charge in [-0.05, 0) is 0 Å². The van der Waals surface area contributed by atoms with Gasteiger partial charge < -0.3 is 6.42 Å². The molecule has 3 unspecified atom stereocenters. The molecular weight excluding hydrogens is 275 g/mol. The Morgan fingerprint density at radius 3 is 2.87 bits per heavy atom. The standard InChI is InChI=1S/C14H16.Pd/c1-10-4-2-3-5-13(10)14-9-11-6-7-12(14)8-11;/h2-4,9,11-12,14H,6-8H2,1H3;/q-2;+2. The van der Waals surface area contributed by atoms with Gasteiger partial charge in [0.05, 0.1) is 0 Å². The van der Waals surface area contributed by atoms with Crippen molar-refractivity contribution in [2.24, 2.45) is 11.8 Å². The summed E-state index contributed by atoms with van der Waals surface area (Å²) in [5.41, 5.74) is 2.88. The second-order valence-electron chi connectivity index (χ2n) is 4.82. The Kier molecular flexibility index (Phi) is 3.34. The van der Waals surface area contributed by atoms with Gasteiger partial charge in [-0.1, -0.05) is 32.1 Å². The second-order valence-corrected chi connectivity index (χ2v) is 4.82. The van der Waals surface area contributed by atoms with Crippen LogP contribution in [-0.2, 0) is 20.4 Å². The monoisotopic (exact) mass is 290 g/mol. The maximum atomic E-state index is 3.43. The van der Waals surface area contributed by atoms with Crippen molar-refractivity contribution >= 4 is 0 Å². The molecule has 0 aromatic heterocycles. The normalized spacial score (nSPS) is 32.7. The molecule has 0 N–H and O–H groups in total. The summed E-state index contributed by atoms with van der Waals surface area (Å²) in [5, 5.41) is 0. The molecule has 82 valence electrons. The van der Waals surface area contributed by atoms with E-state index in [0.717, 1.165) is 17.8 Å². The largest absolute Gasteiger partial charge is 2.00 e. The summed E-state index contributed by atoms with van der Waals surface area (Å²) in [4.78, 5) is 0. The molecule has 0 amide bonds. The first kappa shape index (κ1) is 11.4. The molecule has 0 aliphatic heterocycles. The van der Waals surface area contributed by atoms with Gasteiger partial charge in [0.15, 0.2) is 0 Å². The van der Waals surface area contributed by atoms with Gasteiger partial charge in [-0.3, -0.25) is 0 Å². The smallest absolute Gasteiger partial charge is 0.320 e. The number of hydrogen-bond acceptors (Lipinski definition) is 0. The van der Waals surface area contributed by atoms with Crippen molar-refractivity contribution in [3.05, 3.63) is 41.8 Å². The van der Waals surface area contributed by atoms with Gasteiger partial charge in [0.25, 0.3) is 0 Å². The maximum Gasteiger partial charge on any atom is 2.00 e. The zero-order valence-electron chi connectivity index (χ0n) is 8.98. The van der Waals surface area contributed by atoms with E-state index in [1.165, 1.54) is 30.4 Å². The van der Waals surface area contributed by atoms with E-state index in [0.29, 0.717) is 0 Å². The first-order valence-corrected chi connectivity index (χ1v) is 5.67. The minimum atomic E-state index is 0. The fraction of sp³-hybridized carbons (Fsp3) is 0.500. The summed E-state index contributed by atoms with van der Waals surface area (Å²) in [5.74, 6) is 2.56. The topological polar surface area (TPSA) is 0 Å². The third kappa shape index (κ3) is 1.93. The minimum Gasteiger partial charge on any atom is -0.320 e. The van der Waals surface area contributed by atoms with Crippen LogP contribution in [0.1, 0.15) is 36.3 Å². The van der Waals surface area contributed by atoms with Crippen molar-refractivity contribution < 1.29 is 20.4 Å². The molecule has 1 aromatic carbocycles. The fourth-order valence-electron chi connectivity index (χ4n) is 3.23. The summed E-state index contributed by atoms with van der Waals surface area (Å²) >= 11 is 0. The zero-order chi connectivity index (χ0) is 9.54. The van der Waals surface area contributed by atoms with Gasteiger partial charge >= 0.3 is 20.4 Å². The average molecular weight is 291 g/mol. The third-order valence-electron chi connectivity index (χ3n) is 3.94. The van der Waals surface area contributed by atoms with Crippen molar-refractivity contribution in [3.8, 4) is 0 Å². The van der Waals surface area contributed by atoms with E-state index in [4.69, 9.17) is 0 Å². The molecule has 2 fully saturated rings. The molecule has 0 saturated heterocycles. The van der Waals surface area contributed by atoms with Gasteiger partial charge in [0.1, 0.15) is 0 Å². The number of hydrogen-bond donors (Lipinski definition) is 0. The van der Waals surface area contributed by atoms with Crippen LogP contribution in [0.4, 0.5) is 0 Å². The minimum absolute atomic E-state index is 0. The van der Waals surface area contributed by atoms with E-state index >= 15 is 0 Å². The fourth-order valence-corrected chi connectivity index (χ4v) is 3.23. The molecule has 3 atom stereocenters. The Morgan fingerprint density at radius 2 is 2.27 bits per heavy atom. The second kappa shape index (κ2) is 4.40. The summed E-state index contributed by atoms with van der Waals surface area (Å²) in [6.07, 6.45) is 6.89. The van der Waals surface area contributed by atoms with Gasteiger partial charge in [0, 0.05) is 0 Å². The van der Waals surface area contributed by atoms with E-state index in [-0.39, 0.29) is 20.4 Å². The van der Waals surface area contributed by atoms with Crippen LogP contribution in [0.5, 0.6) is 0 Å². The Hall–Kier alpha value is -0.118. The van der Waals surface area contributed by atoms with E-state index in [9.17, 15) is 0 Å². The first-order valence-electron chi connectivity index (χ1n) is 5.67. The molecule has 0 spiro atoms. The Morgan fingerprint density at radius 1 is 1.40 bits per heavy atom. The van der Waals surface area contributed by atoms with Gasteiger partial charge in [0.2, 0.25) is 0 Å². The van der Waals surface area contributed by atoms with Crippen LogP contribution < -0.4 is 0 Å². The summed E-state index contributed by atoms with van der Waals surface area (Å²) < 4.78 is 0. The van der Waals surface area contributed by atoms with Gasteiger partial charge in [-0.2, -0.15) is 47.2 Å². The van der Waals surface area contributed by atoms with Crippen molar-refractivity contribution in [2.75, 3.05) is 0 Å². The molecule has 1 heteroatoms. The number of benzene rings is 1. The molecule has 0 nitrogen and oxygen atoms in total. The van der Waals surface area contributed by atoms with Crippen LogP contribution in [0.15, 0.2) is 18.2 Å². The van der Waals surface area contributed by atoms with E-state index in [2.05, 4.69) is 37.6 Å². The van der Waals surface area contributed by atoms with Crippen molar-refractivity contribution in [1.82, 2.24) is 0 Å². The van der Waals surface area contributed by atoms with Crippen molar-refractivity contribution in [3.63, 3.8) is 0 Å². The molecule has 2 aliphatic rings. The van der Waals surface area contributed by atoms with E-state index in [1.54, 1.807) is 0 Å². The molecule has 2 saturated carbocycles. The molecule has 0 heterocycles. The van der Waals surface area contributed by atoms with Crippen LogP contribution in [0.3, 0.4) is 0 Å². The predicted molar refractivity (Wildman–Crippen MR) is 57.9 cm³/mol. The molecule has 2 aliphatic carbocycles. The number of aryl methyl sites for hydroxylation is 1. The van der Waals surface area contributed by atoms with Crippen LogP contribution in [0, 0.1) is 31.2 Å². The Bertz CT molecular complexity index is 345. The molecule has 3 rings (SSSR count). The van der Waals surface area contributed by atoms with Crippen molar-refractivity contribution in [2.45, 2.75) is 32.1 Å². The predicted octanol–water partition coefficient (Wildman–Crippen LogP) is 3.51. The Balaban J connectivity index is 0.000000853. The first-order chi connectivity index (χ1) is 6.84. The Labute approximate surface area is 106 Å². The van der Waals surface area contributed by atoms with Crippen molar-refractivity contribution in [1.29, 1.82) is 0 Å². The van der Waals surface area contributed by atoms with Gasteiger partial charge in [-0.25, -0.2) is 0 Å². The maximum absolute atomic E-state index is 3.43. The molecule has 15 heavy (non-hydrogen) atoms. The molecule has 1 aromatic rings. The van der Waals surface area contributed by atoms with E-state index in [1.807, 2.05) is 0 Å². The van der Waals surface area contributed by atoms with Crippen LogP contribution in [0.25, 0.3) is 0 Å². The third-order valence-corrected chi connectivity index (χ3v) is 3.94. The molecule has 2 bridgehead atoms. The quantitative estimate of drug-likeness (QED) is 0.548. The van der Waals surface area contributed by atoms with Crippen LogP contribution in [-0.4, -0.2) is 0 Å². The van der Waals surface area contributed by atoms with Crippen LogP contribution in [0.2, 0.25) is 0 Å². The number of rotatable bonds is 1. The SMILES string of the molecule is Cc1ccc[c-]c1C1[CH-]C2CCC1C2.[Pd+2]. The number of fused-ring (bicyclic) bond motifs is 2. The zero-order valence-corrected chi connectivity index (χ0v) is 10.5. The molecule has 0 radical (unpaired) electrons. The average Bonchev–Trinajstić information content (AvgIpc) is 2.79. The summed E-state index contributed by atoms with van der Waals surface area (Å²) in [6, 6.07) is 9.79. The van der Waals surface area contributed by atoms with Crippen LogP contribution >= 0.6 is 0 Å². The molecular formula is C14H16Pd. The summed E-state index contributed by atoms with van der Waals surface area (Å²) in [6.45, 7) is 2.21. The summed E-state index contributed by atoms with van der Waals surface area (Å²) in [7, 11) is 0. The van der Waals surface area contributed by atoms with E-state index < -0.39 is 0 Å². The van der Waals surface area contributed by atoms with Gasteiger partial charge in [-0.15, -0.1) is 0 Å².